The molecule has 0 saturated carbocycles. The fraction of sp³-hybridized carbons (Fsp3) is 0.211. The van der Waals surface area contributed by atoms with Gasteiger partial charge in [0, 0.05) is 18.2 Å². The van der Waals surface area contributed by atoms with Gasteiger partial charge >= 0.3 is 0 Å². The van der Waals surface area contributed by atoms with E-state index in [-0.39, 0.29) is 5.78 Å². The van der Waals surface area contributed by atoms with Gasteiger partial charge < -0.3 is 14.8 Å². The monoisotopic (exact) mass is 311 g/mol. The smallest absolute Gasteiger partial charge is 0.191 e. The highest BCUT2D eigenvalue weighted by molar-refractivity contribution is 6.04. The maximum atomic E-state index is 12.3. The van der Waals surface area contributed by atoms with Crippen molar-refractivity contribution in [3.63, 3.8) is 0 Å². The summed E-state index contributed by atoms with van der Waals surface area (Å²) in [5.74, 6) is 1.08. The molecule has 0 aliphatic rings. The minimum atomic E-state index is -0.114. The summed E-state index contributed by atoms with van der Waals surface area (Å²) in [7, 11) is 1.59. The van der Waals surface area contributed by atoms with E-state index >= 15 is 0 Å². The van der Waals surface area contributed by atoms with E-state index in [9.17, 15) is 4.79 Å². The highest BCUT2D eigenvalue weighted by Crippen LogP contribution is 2.12. The quantitative estimate of drug-likeness (QED) is 0.460. The molecule has 120 valence electrons. The predicted octanol–water partition coefficient (Wildman–Crippen LogP) is 3.55. The number of allylic oxidation sites excluding steroid dienone is 1. The lowest BCUT2D eigenvalue weighted by Gasteiger charge is -2.11. The van der Waals surface area contributed by atoms with Crippen LogP contribution >= 0.6 is 0 Å². The summed E-state index contributed by atoms with van der Waals surface area (Å²) in [6.45, 7) is 2.97. The Balaban J connectivity index is 2.05. The summed E-state index contributed by atoms with van der Waals surface area (Å²) in [5, 5.41) is 3.15. The Hall–Kier alpha value is -2.75. The van der Waals surface area contributed by atoms with Gasteiger partial charge in [-0.15, -0.1) is 0 Å². The first-order chi connectivity index (χ1) is 11.2. The molecule has 0 aliphatic carbocycles. The molecular formula is C19H21NO3. The summed E-state index contributed by atoms with van der Waals surface area (Å²) in [6, 6.07) is 16.9. The average molecular weight is 311 g/mol. The Morgan fingerprint density at radius 1 is 1.09 bits per heavy atom. The van der Waals surface area contributed by atoms with Gasteiger partial charge in [0.25, 0.3) is 0 Å². The zero-order valence-corrected chi connectivity index (χ0v) is 13.4. The topological polar surface area (TPSA) is 47.6 Å². The lowest BCUT2D eigenvalue weighted by Crippen LogP contribution is -2.17. The number of hydrogen-bond donors (Lipinski definition) is 1. The number of hydrogen-bond acceptors (Lipinski definition) is 4. The maximum absolute atomic E-state index is 12.3. The Morgan fingerprint density at radius 3 is 2.39 bits per heavy atom. The summed E-state index contributed by atoms with van der Waals surface area (Å²) >= 11 is 0. The second-order valence-electron chi connectivity index (χ2n) is 4.87. The van der Waals surface area contributed by atoms with E-state index in [1.54, 1.807) is 31.4 Å². The number of ether oxygens (including phenoxy) is 2. The van der Waals surface area contributed by atoms with Crippen molar-refractivity contribution < 1.29 is 14.3 Å². The van der Waals surface area contributed by atoms with Gasteiger partial charge in [0.1, 0.15) is 5.75 Å². The zero-order chi connectivity index (χ0) is 16.5. The highest BCUT2D eigenvalue weighted by atomic mass is 16.5. The normalized spacial score (nSPS) is 11.0. The molecule has 2 aromatic carbocycles. The molecule has 2 rings (SSSR count). The summed E-state index contributed by atoms with van der Waals surface area (Å²) in [5.41, 5.74) is 1.71. The second-order valence-corrected chi connectivity index (χ2v) is 4.87. The van der Waals surface area contributed by atoms with Crippen LogP contribution < -0.4 is 10.1 Å². The number of nitrogens with one attached hydrogen (secondary N) is 1. The summed E-state index contributed by atoms with van der Waals surface area (Å²) < 4.78 is 10.6. The van der Waals surface area contributed by atoms with Gasteiger partial charge in [-0.25, -0.2) is 0 Å². The average Bonchev–Trinajstić information content (AvgIpc) is 2.61. The van der Waals surface area contributed by atoms with Gasteiger partial charge in [0.05, 0.1) is 13.7 Å². The molecule has 0 aromatic heterocycles. The van der Waals surface area contributed by atoms with E-state index in [1.807, 2.05) is 37.3 Å². The second kappa shape index (κ2) is 8.63. The Labute approximate surface area is 136 Å². The number of ketones is 1. The van der Waals surface area contributed by atoms with Crippen LogP contribution in [-0.4, -0.2) is 19.5 Å². The van der Waals surface area contributed by atoms with Crippen LogP contribution in [0.25, 0.3) is 0 Å². The molecule has 0 fully saturated rings. The van der Waals surface area contributed by atoms with Crippen molar-refractivity contribution >= 4 is 5.78 Å². The highest BCUT2D eigenvalue weighted by Gasteiger charge is 2.06. The third-order valence-electron chi connectivity index (χ3n) is 3.25. The van der Waals surface area contributed by atoms with Crippen LogP contribution in [0.15, 0.2) is 66.6 Å². The molecule has 0 amide bonds. The summed E-state index contributed by atoms with van der Waals surface area (Å²) in [4.78, 5) is 12.3. The van der Waals surface area contributed by atoms with E-state index in [0.717, 1.165) is 11.3 Å². The molecule has 0 heterocycles. The Kier molecular flexibility index (Phi) is 6.24. The molecule has 0 spiro atoms. The van der Waals surface area contributed by atoms with Crippen LogP contribution in [0.2, 0.25) is 0 Å². The van der Waals surface area contributed by atoms with Crippen LogP contribution in [0.4, 0.5) is 0 Å². The molecule has 23 heavy (non-hydrogen) atoms. The zero-order valence-electron chi connectivity index (χ0n) is 13.4. The van der Waals surface area contributed by atoms with Crippen LogP contribution in [0.1, 0.15) is 22.8 Å². The largest absolute Gasteiger partial charge is 0.497 e. The van der Waals surface area contributed by atoms with Crippen molar-refractivity contribution in [1.29, 1.82) is 0 Å². The fourth-order valence-corrected chi connectivity index (χ4v) is 2.04. The molecule has 0 saturated heterocycles. The van der Waals surface area contributed by atoms with Gasteiger partial charge in [0.15, 0.2) is 11.7 Å². The number of carbonyl (C=O) groups excluding carboxylic acids is 1. The third-order valence-corrected chi connectivity index (χ3v) is 3.25. The molecule has 4 nitrogen and oxygen atoms in total. The van der Waals surface area contributed by atoms with Gasteiger partial charge in [0.2, 0.25) is 0 Å². The van der Waals surface area contributed by atoms with Gasteiger partial charge in [-0.2, -0.15) is 0 Å². The maximum Gasteiger partial charge on any atom is 0.191 e. The Bertz CT molecular complexity index is 648. The van der Waals surface area contributed by atoms with E-state index < -0.39 is 0 Å². The Morgan fingerprint density at radius 2 is 1.78 bits per heavy atom. The standard InChI is InChI=1S/C19H21NO3/c1-3-23-19(20-14-15-7-5-4-6-8-15)13-18(21)16-9-11-17(22-2)12-10-16/h4-13,20H,3,14H2,1-2H3/b19-13+. The van der Waals surface area contributed by atoms with Gasteiger partial charge in [-0.1, -0.05) is 30.3 Å². The van der Waals surface area contributed by atoms with Crippen molar-refractivity contribution in [3.05, 3.63) is 77.7 Å². The van der Waals surface area contributed by atoms with Crippen LogP contribution in [0.5, 0.6) is 5.75 Å². The molecule has 1 N–H and O–H groups in total. The molecule has 0 bridgehead atoms. The van der Waals surface area contributed by atoms with Crippen LogP contribution in [0.3, 0.4) is 0 Å². The SMILES string of the molecule is CCO/C(=C/C(=O)c1ccc(OC)cc1)NCc1ccccc1. The van der Waals surface area contributed by atoms with E-state index in [2.05, 4.69) is 5.32 Å². The van der Waals surface area contributed by atoms with Crippen LogP contribution in [0, 0.1) is 0 Å². The minimum Gasteiger partial charge on any atom is -0.497 e. The van der Waals surface area contributed by atoms with E-state index in [4.69, 9.17) is 9.47 Å². The van der Waals surface area contributed by atoms with Crippen molar-refractivity contribution in [2.75, 3.05) is 13.7 Å². The molecule has 4 heteroatoms. The fourth-order valence-electron chi connectivity index (χ4n) is 2.04. The number of methoxy groups -OCH3 is 1. The molecule has 2 aromatic rings. The molecule has 0 atom stereocenters. The van der Waals surface area contributed by atoms with Gasteiger partial charge in [-0.3, -0.25) is 4.79 Å². The number of carbonyl (C=O) groups is 1. The number of benzene rings is 2. The summed E-state index contributed by atoms with van der Waals surface area (Å²) in [6.07, 6.45) is 1.48. The van der Waals surface area contributed by atoms with Crippen molar-refractivity contribution in [3.8, 4) is 5.75 Å². The first-order valence-corrected chi connectivity index (χ1v) is 7.53. The predicted molar refractivity (Wildman–Crippen MR) is 90.3 cm³/mol. The van der Waals surface area contributed by atoms with E-state index in [1.165, 1.54) is 6.08 Å². The molecule has 0 unspecified atom stereocenters. The van der Waals surface area contributed by atoms with Crippen molar-refractivity contribution in [2.24, 2.45) is 0 Å². The lowest BCUT2D eigenvalue weighted by molar-refractivity contribution is 0.103. The first-order valence-electron chi connectivity index (χ1n) is 7.53. The van der Waals surface area contributed by atoms with Gasteiger partial charge in [-0.05, 0) is 36.8 Å². The minimum absolute atomic E-state index is 0.114. The van der Waals surface area contributed by atoms with E-state index in [0.29, 0.717) is 24.6 Å². The molecule has 0 aliphatic heterocycles. The van der Waals surface area contributed by atoms with Crippen LogP contribution in [-0.2, 0) is 11.3 Å². The molecule has 0 radical (unpaired) electrons. The third kappa shape index (κ3) is 5.18. The molecular weight excluding hydrogens is 290 g/mol. The lowest BCUT2D eigenvalue weighted by atomic mass is 10.1. The van der Waals surface area contributed by atoms with Crippen molar-refractivity contribution in [2.45, 2.75) is 13.5 Å². The first kappa shape index (κ1) is 16.6. The van der Waals surface area contributed by atoms with Crippen molar-refractivity contribution in [1.82, 2.24) is 5.32 Å². The number of rotatable bonds is 8.